The van der Waals surface area contributed by atoms with E-state index in [2.05, 4.69) is 17.6 Å². The standard InChI is InChI=1S/C7H5NS2.2H2S/c9-7-8-5-3-1-2-4-6(5)10-7;;/h1-4H,(H,8,9);2*1H2. The third-order valence-electron chi connectivity index (χ3n) is 1.28. The number of thiazole rings is 1. The number of nitrogens with zero attached hydrogens (tertiary/aromatic N) is 1. The SMILES string of the molecule is S.S.Sc1nc2ccccc2s1. The Bertz CT molecular complexity index is 324. The van der Waals surface area contributed by atoms with Gasteiger partial charge in [-0.3, -0.25) is 0 Å². The third-order valence-corrected chi connectivity index (χ3v) is 2.50. The van der Waals surface area contributed by atoms with Crippen molar-refractivity contribution in [1.82, 2.24) is 4.98 Å². The van der Waals surface area contributed by atoms with Crippen LogP contribution in [0.15, 0.2) is 28.6 Å². The molecule has 0 spiro atoms. The summed E-state index contributed by atoms with van der Waals surface area (Å²) in [6.45, 7) is 0. The van der Waals surface area contributed by atoms with Crippen LogP contribution in [0.3, 0.4) is 0 Å². The van der Waals surface area contributed by atoms with Crippen molar-refractivity contribution < 1.29 is 0 Å². The van der Waals surface area contributed by atoms with E-state index < -0.39 is 0 Å². The number of hydrogen-bond donors (Lipinski definition) is 1. The third kappa shape index (κ3) is 2.32. The summed E-state index contributed by atoms with van der Waals surface area (Å²) in [5.41, 5.74) is 1.04. The van der Waals surface area contributed by atoms with Gasteiger partial charge in [0.1, 0.15) is 4.34 Å². The Morgan fingerprint density at radius 3 is 2.50 bits per heavy atom. The zero-order valence-corrected chi connectivity index (χ0v) is 9.82. The second-order valence-corrected chi connectivity index (χ2v) is 3.72. The predicted molar refractivity (Wildman–Crippen MR) is 67.6 cm³/mol. The Kier molecular flexibility index (Phi) is 5.08. The highest BCUT2D eigenvalue weighted by atomic mass is 32.2. The van der Waals surface area contributed by atoms with Crippen LogP contribution in [0.5, 0.6) is 0 Å². The summed E-state index contributed by atoms with van der Waals surface area (Å²) in [5.74, 6) is 0. The molecule has 66 valence electrons. The summed E-state index contributed by atoms with van der Waals surface area (Å²) in [4.78, 5) is 4.20. The average Bonchev–Trinajstić information content (AvgIpc) is 2.27. The molecule has 0 aliphatic rings. The van der Waals surface area contributed by atoms with E-state index in [0.29, 0.717) is 0 Å². The minimum atomic E-state index is 0. The van der Waals surface area contributed by atoms with Crippen LogP contribution >= 0.6 is 51.0 Å². The maximum atomic E-state index is 4.20. The van der Waals surface area contributed by atoms with Crippen LogP contribution in [0.1, 0.15) is 0 Å². The van der Waals surface area contributed by atoms with Gasteiger partial charge in [0.05, 0.1) is 10.2 Å². The topological polar surface area (TPSA) is 12.9 Å². The number of rotatable bonds is 0. The molecule has 0 radical (unpaired) electrons. The minimum Gasteiger partial charge on any atom is -0.230 e. The molecule has 1 heterocycles. The molecule has 1 aromatic carbocycles. The van der Waals surface area contributed by atoms with Gasteiger partial charge in [0.2, 0.25) is 0 Å². The van der Waals surface area contributed by atoms with E-state index >= 15 is 0 Å². The molecule has 1 nitrogen and oxygen atoms in total. The lowest BCUT2D eigenvalue weighted by Crippen LogP contribution is -1.63. The van der Waals surface area contributed by atoms with Gasteiger partial charge in [-0.1, -0.05) is 12.1 Å². The quantitative estimate of drug-likeness (QED) is 0.693. The number of thiol groups is 1. The van der Waals surface area contributed by atoms with Crippen molar-refractivity contribution >= 4 is 61.2 Å². The minimum absolute atomic E-state index is 0. The van der Waals surface area contributed by atoms with E-state index in [-0.39, 0.29) is 27.0 Å². The lowest BCUT2D eigenvalue weighted by molar-refractivity contribution is 1.31. The first-order valence-electron chi connectivity index (χ1n) is 2.91. The Balaban J connectivity index is 0.000000605. The average molecular weight is 235 g/mol. The van der Waals surface area contributed by atoms with Crippen LogP contribution in [0.25, 0.3) is 10.2 Å². The molecule has 0 aliphatic carbocycles. The lowest BCUT2D eigenvalue weighted by atomic mass is 10.3. The first-order valence-corrected chi connectivity index (χ1v) is 4.17. The summed E-state index contributed by atoms with van der Waals surface area (Å²) >= 11 is 5.76. The monoisotopic (exact) mass is 235 g/mol. The van der Waals surface area contributed by atoms with Crippen LogP contribution in [0.2, 0.25) is 0 Å². The summed E-state index contributed by atoms with van der Waals surface area (Å²) < 4.78 is 2.04. The van der Waals surface area contributed by atoms with Crippen LogP contribution < -0.4 is 0 Å². The zero-order chi connectivity index (χ0) is 6.97. The number of fused-ring (bicyclic) bond motifs is 1. The van der Waals surface area contributed by atoms with E-state index in [1.807, 2.05) is 24.3 Å². The van der Waals surface area contributed by atoms with Gasteiger partial charge >= 0.3 is 0 Å². The first kappa shape index (κ1) is 12.2. The summed E-state index contributed by atoms with van der Waals surface area (Å²) in [6, 6.07) is 8.03. The smallest absolute Gasteiger partial charge is 0.148 e. The van der Waals surface area contributed by atoms with Gasteiger partial charge in [-0.25, -0.2) is 4.98 Å². The normalized spacial score (nSPS) is 8.75. The molecule has 2 aromatic rings. The molecule has 0 saturated heterocycles. The van der Waals surface area contributed by atoms with Gasteiger partial charge in [0.25, 0.3) is 0 Å². The van der Waals surface area contributed by atoms with E-state index in [1.54, 1.807) is 11.3 Å². The number of benzene rings is 1. The van der Waals surface area contributed by atoms with Crippen LogP contribution in [-0.2, 0) is 0 Å². The molecule has 0 N–H and O–H groups in total. The van der Waals surface area contributed by atoms with E-state index in [1.165, 1.54) is 4.70 Å². The molecule has 0 aliphatic heterocycles. The van der Waals surface area contributed by atoms with Crippen molar-refractivity contribution in [2.75, 3.05) is 0 Å². The number of hydrogen-bond acceptors (Lipinski definition) is 3. The fourth-order valence-electron chi connectivity index (χ4n) is 0.860. The predicted octanol–water partition coefficient (Wildman–Crippen LogP) is 2.81. The molecular formula is C7H9NS4. The second kappa shape index (κ2) is 5.01. The van der Waals surface area contributed by atoms with E-state index in [0.717, 1.165) is 9.86 Å². The molecule has 0 fully saturated rings. The highest BCUT2D eigenvalue weighted by molar-refractivity contribution is 7.82. The van der Waals surface area contributed by atoms with Gasteiger partial charge in [0.15, 0.2) is 0 Å². The van der Waals surface area contributed by atoms with Crippen molar-refractivity contribution in [3.05, 3.63) is 24.3 Å². The van der Waals surface area contributed by atoms with Crippen molar-refractivity contribution in [3.8, 4) is 0 Å². The highest BCUT2D eigenvalue weighted by Gasteiger charge is 1.96. The molecule has 0 amide bonds. The van der Waals surface area contributed by atoms with Crippen LogP contribution in [0, 0.1) is 0 Å². The largest absolute Gasteiger partial charge is 0.230 e. The molecule has 0 atom stereocenters. The first-order chi connectivity index (χ1) is 4.86. The molecule has 0 unspecified atom stereocenters. The van der Waals surface area contributed by atoms with Crippen molar-refractivity contribution in [1.29, 1.82) is 0 Å². The second-order valence-electron chi connectivity index (χ2n) is 1.96. The Hall–Kier alpha value is 0.160. The molecule has 5 heteroatoms. The molecular weight excluding hydrogens is 226 g/mol. The molecule has 1 aromatic heterocycles. The molecule has 0 saturated carbocycles. The summed E-state index contributed by atoms with van der Waals surface area (Å²) in [7, 11) is 0. The maximum absolute atomic E-state index is 4.20. The van der Waals surface area contributed by atoms with Crippen LogP contribution in [-0.4, -0.2) is 4.98 Å². The Morgan fingerprint density at radius 1 is 1.17 bits per heavy atom. The fraction of sp³-hybridized carbons (Fsp3) is 0. The Morgan fingerprint density at radius 2 is 1.83 bits per heavy atom. The number of para-hydroxylation sites is 1. The molecule has 0 bridgehead atoms. The van der Waals surface area contributed by atoms with Gasteiger partial charge in [0, 0.05) is 0 Å². The van der Waals surface area contributed by atoms with Gasteiger partial charge < -0.3 is 0 Å². The maximum Gasteiger partial charge on any atom is 0.148 e. The molecule has 12 heavy (non-hydrogen) atoms. The van der Waals surface area contributed by atoms with Crippen molar-refractivity contribution in [2.45, 2.75) is 4.34 Å². The van der Waals surface area contributed by atoms with Crippen molar-refractivity contribution in [2.24, 2.45) is 0 Å². The van der Waals surface area contributed by atoms with Crippen LogP contribution in [0.4, 0.5) is 0 Å². The highest BCUT2D eigenvalue weighted by Crippen LogP contribution is 2.23. The van der Waals surface area contributed by atoms with E-state index in [4.69, 9.17) is 0 Å². The lowest BCUT2D eigenvalue weighted by Gasteiger charge is -1.80. The molecule has 2 rings (SSSR count). The zero-order valence-electron chi connectivity index (χ0n) is 6.11. The van der Waals surface area contributed by atoms with Crippen molar-refractivity contribution in [3.63, 3.8) is 0 Å². The fourth-order valence-corrected chi connectivity index (χ4v) is 1.97. The van der Waals surface area contributed by atoms with E-state index in [9.17, 15) is 0 Å². The summed E-state index contributed by atoms with van der Waals surface area (Å²) in [6.07, 6.45) is 0. The number of aromatic nitrogens is 1. The van der Waals surface area contributed by atoms with Gasteiger partial charge in [-0.15, -0.1) is 24.0 Å². The Labute approximate surface area is 94.5 Å². The van der Waals surface area contributed by atoms with Gasteiger partial charge in [-0.2, -0.15) is 27.0 Å². The van der Waals surface area contributed by atoms with Gasteiger partial charge in [-0.05, 0) is 12.1 Å². The summed E-state index contributed by atoms with van der Waals surface area (Å²) in [5, 5.41) is 0.